The highest BCUT2D eigenvalue weighted by atomic mass is 16.6. The molecule has 0 aliphatic rings. The summed E-state index contributed by atoms with van der Waals surface area (Å²) in [5.41, 5.74) is -3.22. The molecule has 1 atom stereocenters. The summed E-state index contributed by atoms with van der Waals surface area (Å²) >= 11 is 0. The quantitative estimate of drug-likeness (QED) is 0.569. The van der Waals surface area contributed by atoms with Crippen molar-refractivity contribution >= 4 is 23.3 Å². The number of rotatable bonds is 7. The number of nitrogens with one attached hydrogen (secondary N) is 1. The molecule has 2 N–H and O–H groups in total. The van der Waals surface area contributed by atoms with Crippen LogP contribution in [0.1, 0.15) is 37.6 Å². The summed E-state index contributed by atoms with van der Waals surface area (Å²) in [6.07, 6.45) is 0.116. The first-order valence-corrected chi connectivity index (χ1v) is 6.96. The standard InChI is InChI=1S/C14H17N3O7/c1-8(2)7-14(3,13(19)20)15-12(18)9-4-10(16(21)22)6-11(5-9)17(23)24/h4-6,8H,7H2,1-3H3,(H,15,18)(H,19,20)/t14-/m1/s1. The molecule has 0 unspecified atom stereocenters. The minimum atomic E-state index is -1.61. The van der Waals surface area contributed by atoms with Crippen LogP contribution >= 0.6 is 0 Å². The van der Waals surface area contributed by atoms with Crippen LogP contribution in [0.5, 0.6) is 0 Å². The second-order valence-electron chi connectivity index (χ2n) is 5.94. The molecule has 1 aromatic rings. The predicted octanol–water partition coefficient (Wildman–Crippen LogP) is 2.12. The molecule has 10 nitrogen and oxygen atoms in total. The summed E-state index contributed by atoms with van der Waals surface area (Å²) in [4.78, 5) is 43.7. The van der Waals surface area contributed by atoms with Crippen LogP contribution in [0.25, 0.3) is 0 Å². The highest BCUT2D eigenvalue weighted by molar-refractivity contribution is 5.98. The number of nitro benzene ring substituents is 2. The summed E-state index contributed by atoms with van der Waals surface area (Å²) in [7, 11) is 0. The van der Waals surface area contributed by atoms with Crippen LogP contribution in [0.2, 0.25) is 0 Å². The summed E-state index contributed by atoms with van der Waals surface area (Å²) in [6.45, 7) is 4.84. The Morgan fingerprint density at radius 2 is 1.62 bits per heavy atom. The van der Waals surface area contributed by atoms with Crippen molar-refractivity contribution < 1.29 is 24.5 Å². The van der Waals surface area contributed by atoms with E-state index in [1.54, 1.807) is 13.8 Å². The number of hydrogen-bond acceptors (Lipinski definition) is 6. The topological polar surface area (TPSA) is 153 Å². The van der Waals surface area contributed by atoms with Crippen molar-refractivity contribution in [1.29, 1.82) is 0 Å². The average molecular weight is 339 g/mol. The van der Waals surface area contributed by atoms with Crippen molar-refractivity contribution in [3.63, 3.8) is 0 Å². The van der Waals surface area contributed by atoms with Gasteiger partial charge in [0.1, 0.15) is 5.54 Å². The minimum absolute atomic E-state index is 0.0501. The van der Waals surface area contributed by atoms with Gasteiger partial charge < -0.3 is 10.4 Å². The predicted molar refractivity (Wildman–Crippen MR) is 82.7 cm³/mol. The fourth-order valence-corrected chi connectivity index (χ4v) is 2.27. The number of hydrogen-bond donors (Lipinski definition) is 2. The van der Waals surface area contributed by atoms with Crippen molar-refractivity contribution in [2.75, 3.05) is 0 Å². The molecule has 1 amide bonds. The van der Waals surface area contributed by atoms with E-state index in [-0.39, 0.29) is 17.9 Å². The normalized spacial score (nSPS) is 13.2. The lowest BCUT2D eigenvalue weighted by atomic mass is 9.90. The molecule has 0 heterocycles. The van der Waals surface area contributed by atoms with Crippen molar-refractivity contribution in [2.24, 2.45) is 5.92 Å². The second kappa shape index (κ2) is 7.02. The van der Waals surface area contributed by atoms with E-state index >= 15 is 0 Å². The molecular weight excluding hydrogens is 322 g/mol. The molecule has 0 spiro atoms. The van der Waals surface area contributed by atoms with E-state index in [0.717, 1.165) is 18.2 Å². The van der Waals surface area contributed by atoms with Gasteiger partial charge >= 0.3 is 5.97 Å². The number of carboxylic acid groups (broad SMARTS) is 1. The summed E-state index contributed by atoms with van der Waals surface area (Å²) in [5.74, 6) is -2.26. The Morgan fingerprint density at radius 3 is 1.96 bits per heavy atom. The number of aliphatic carboxylic acids is 1. The lowest BCUT2D eigenvalue weighted by Crippen LogP contribution is -2.53. The molecule has 0 saturated heterocycles. The fourth-order valence-electron chi connectivity index (χ4n) is 2.27. The van der Waals surface area contributed by atoms with E-state index in [1.807, 2.05) is 0 Å². The SMILES string of the molecule is CC(C)C[C@@](C)(NC(=O)c1cc([N+](=O)[O-])cc([N+](=O)[O-])c1)C(=O)O. The molecule has 0 aliphatic heterocycles. The largest absolute Gasteiger partial charge is 0.480 e. The van der Waals surface area contributed by atoms with E-state index in [1.165, 1.54) is 6.92 Å². The van der Waals surface area contributed by atoms with Crippen molar-refractivity contribution in [2.45, 2.75) is 32.7 Å². The fraction of sp³-hybridized carbons (Fsp3) is 0.429. The molecule has 1 aromatic carbocycles. The van der Waals surface area contributed by atoms with Crippen LogP contribution in [-0.2, 0) is 4.79 Å². The van der Waals surface area contributed by atoms with Gasteiger partial charge in [-0.3, -0.25) is 25.0 Å². The van der Waals surface area contributed by atoms with Crippen LogP contribution in [0.4, 0.5) is 11.4 Å². The van der Waals surface area contributed by atoms with Crippen molar-refractivity contribution in [3.05, 3.63) is 44.0 Å². The molecule has 24 heavy (non-hydrogen) atoms. The molecule has 0 saturated carbocycles. The van der Waals surface area contributed by atoms with E-state index in [9.17, 15) is 34.9 Å². The number of amides is 1. The number of non-ortho nitro benzene ring substituents is 2. The molecule has 10 heteroatoms. The molecular formula is C14H17N3O7. The first kappa shape index (κ1) is 19.0. The zero-order chi connectivity index (χ0) is 18.7. The summed E-state index contributed by atoms with van der Waals surface area (Å²) in [5, 5.41) is 33.3. The molecule has 0 aliphatic carbocycles. The third-order valence-corrected chi connectivity index (χ3v) is 3.26. The monoisotopic (exact) mass is 339 g/mol. The molecule has 130 valence electrons. The van der Waals surface area contributed by atoms with Gasteiger partial charge in [-0.05, 0) is 19.3 Å². The molecule has 0 bridgehead atoms. The van der Waals surface area contributed by atoms with Gasteiger partial charge in [0, 0.05) is 12.1 Å². The Kier molecular flexibility index (Phi) is 5.56. The van der Waals surface area contributed by atoms with E-state index < -0.39 is 38.6 Å². The van der Waals surface area contributed by atoms with Crippen LogP contribution in [0.15, 0.2) is 18.2 Å². The maximum atomic E-state index is 12.3. The van der Waals surface area contributed by atoms with Crippen molar-refractivity contribution in [3.8, 4) is 0 Å². The van der Waals surface area contributed by atoms with E-state index in [0.29, 0.717) is 0 Å². The number of carboxylic acids is 1. The number of nitro groups is 2. The van der Waals surface area contributed by atoms with Gasteiger partial charge in [0.25, 0.3) is 17.3 Å². The minimum Gasteiger partial charge on any atom is -0.480 e. The lowest BCUT2D eigenvalue weighted by molar-refractivity contribution is -0.394. The van der Waals surface area contributed by atoms with Gasteiger partial charge in [0.15, 0.2) is 0 Å². The van der Waals surface area contributed by atoms with Crippen LogP contribution in [-0.4, -0.2) is 32.4 Å². The first-order chi connectivity index (χ1) is 11.0. The number of benzene rings is 1. The highest BCUT2D eigenvalue weighted by Crippen LogP contribution is 2.24. The number of carbonyl (C=O) groups excluding carboxylic acids is 1. The van der Waals surface area contributed by atoms with E-state index in [4.69, 9.17) is 0 Å². The third kappa shape index (κ3) is 4.48. The first-order valence-electron chi connectivity index (χ1n) is 6.96. The Labute approximate surface area is 136 Å². The van der Waals surface area contributed by atoms with Crippen molar-refractivity contribution in [1.82, 2.24) is 5.32 Å². The summed E-state index contributed by atoms with van der Waals surface area (Å²) in [6, 6.07) is 2.45. The van der Waals surface area contributed by atoms with Gasteiger partial charge in [-0.25, -0.2) is 4.79 Å². The van der Waals surface area contributed by atoms with Crippen LogP contribution < -0.4 is 5.32 Å². The van der Waals surface area contributed by atoms with Gasteiger partial charge in [0.05, 0.1) is 21.5 Å². The Balaban J connectivity index is 3.24. The van der Waals surface area contributed by atoms with Gasteiger partial charge in [-0.2, -0.15) is 0 Å². The Bertz CT molecular complexity index is 669. The second-order valence-corrected chi connectivity index (χ2v) is 5.94. The van der Waals surface area contributed by atoms with Gasteiger partial charge in [0.2, 0.25) is 0 Å². The Morgan fingerprint density at radius 1 is 1.17 bits per heavy atom. The Hall–Kier alpha value is -3.04. The lowest BCUT2D eigenvalue weighted by Gasteiger charge is -2.28. The van der Waals surface area contributed by atoms with E-state index in [2.05, 4.69) is 5.32 Å². The van der Waals surface area contributed by atoms with Crippen LogP contribution in [0.3, 0.4) is 0 Å². The van der Waals surface area contributed by atoms with Gasteiger partial charge in [-0.1, -0.05) is 13.8 Å². The summed E-state index contributed by atoms with van der Waals surface area (Å²) < 4.78 is 0. The molecule has 1 rings (SSSR count). The number of nitrogens with zero attached hydrogens (tertiary/aromatic N) is 2. The third-order valence-electron chi connectivity index (χ3n) is 3.26. The maximum Gasteiger partial charge on any atom is 0.329 e. The molecule has 0 aromatic heterocycles. The molecule has 0 fully saturated rings. The highest BCUT2D eigenvalue weighted by Gasteiger charge is 2.36. The zero-order valence-corrected chi connectivity index (χ0v) is 13.3. The van der Waals surface area contributed by atoms with Gasteiger partial charge in [-0.15, -0.1) is 0 Å². The number of carbonyl (C=O) groups is 2. The molecule has 0 radical (unpaired) electrons. The maximum absolute atomic E-state index is 12.3. The zero-order valence-electron chi connectivity index (χ0n) is 13.3. The smallest absolute Gasteiger partial charge is 0.329 e. The van der Waals surface area contributed by atoms with Crippen LogP contribution in [0, 0.1) is 26.1 Å². The average Bonchev–Trinajstić information content (AvgIpc) is 2.45.